The van der Waals surface area contributed by atoms with Crippen LogP contribution in [-0.2, 0) is 4.74 Å². The Bertz CT molecular complexity index is 1130. The number of hydrogen-bond donors (Lipinski definition) is 1. The number of amides is 1. The second-order valence-electron chi connectivity index (χ2n) is 9.40. The van der Waals surface area contributed by atoms with Gasteiger partial charge in [0.2, 0.25) is 5.01 Å². The molecule has 0 bridgehead atoms. The minimum atomic E-state index is -3.06. The summed E-state index contributed by atoms with van der Waals surface area (Å²) in [5.41, 5.74) is -0.274. The van der Waals surface area contributed by atoms with Crippen LogP contribution in [0.5, 0.6) is 0 Å². The van der Waals surface area contributed by atoms with Crippen LogP contribution < -0.4 is 5.32 Å². The summed E-state index contributed by atoms with van der Waals surface area (Å²) in [5.74, 6) is -4.71. The van der Waals surface area contributed by atoms with Gasteiger partial charge in [0.25, 0.3) is 18.3 Å². The number of thiazole rings is 1. The molecule has 2 aliphatic rings. The fraction of sp³-hybridized carbons (Fsp3) is 0.542. The zero-order chi connectivity index (χ0) is 25.5. The Labute approximate surface area is 204 Å². The van der Waals surface area contributed by atoms with E-state index in [0.29, 0.717) is 5.69 Å². The zero-order valence-corrected chi connectivity index (χ0v) is 20.5. The minimum Gasteiger partial charge on any atom is -0.461 e. The smallest absolute Gasteiger partial charge is 0.367 e. The second-order valence-corrected chi connectivity index (χ2v) is 10.4. The first-order valence-corrected chi connectivity index (χ1v) is 12.3. The minimum absolute atomic E-state index is 0.0252. The summed E-state index contributed by atoms with van der Waals surface area (Å²) in [6.45, 7) is 4.35. The molecule has 6 nitrogen and oxygen atoms in total. The number of carbonyl (C=O) groups excluding carboxylic acids is 2. The van der Waals surface area contributed by atoms with Gasteiger partial charge >= 0.3 is 5.97 Å². The molecule has 1 amide bonds. The highest BCUT2D eigenvalue weighted by Gasteiger charge is 2.46. The molecule has 35 heavy (non-hydrogen) atoms. The Balaban J connectivity index is 1.78. The Hall–Kier alpha value is -2.69. The zero-order valence-electron chi connectivity index (χ0n) is 19.7. The molecule has 0 unspecified atom stereocenters. The van der Waals surface area contributed by atoms with Gasteiger partial charge < -0.3 is 15.0 Å². The van der Waals surface area contributed by atoms with Crippen molar-refractivity contribution in [3.05, 3.63) is 34.5 Å². The van der Waals surface area contributed by atoms with Gasteiger partial charge in [0.05, 0.1) is 18.0 Å². The standard InChI is InChI=1S/C24H27F4N3O3S/c1-4-34-22(33)20-29-17(21(32)31-12-24(27,28)11-13(31)2)18(35-20)15-7-6-14(10-16(15)19(25)26)30-23(3)8-5-9-23/h6-7,10,13,19,30H,4-5,8-9,11-12H2,1-3H3/t13-/m0/s1. The average Bonchev–Trinajstić information content (AvgIpc) is 3.32. The molecule has 2 fully saturated rings. The Morgan fingerprint density at radius 1 is 1.31 bits per heavy atom. The highest BCUT2D eigenvalue weighted by Crippen LogP contribution is 2.42. The van der Waals surface area contributed by atoms with E-state index in [1.807, 2.05) is 6.92 Å². The van der Waals surface area contributed by atoms with Crippen molar-refractivity contribution >= 4 is 28.9 Å². The van der Waals surface area contributed by atoms with Crippen LogP contribution in [0.25, 0.3) is 10.4 Å². The number of likely N-dealkylation sites (tertiary alicyclic amines) is 1. The molecule has 1 aromatic carbocycles. The molecule has 2 aromatic rings. The van der Waals surface area contributed by atoms with Gasteiger partial charge in [-0.15, -0.1) is 11.3 Å². The number of ether oxygens (including phenoxy) is 1. The van der Waals surface area contributed by atoms with Crippen molar-refractivity contribution < 1.29 is 31.9 Å². The van der Waals surface area contributed by atoms with Crippen molar-refractivity contribution in [3.8, 4) is 10.4 Å². The number of anilines is 1. The summed E-state index contributed by atoms with van der Waals surface area (Å²) in [5, 5.41) is 3.09. The van der Waals surface area contributed by atoms with E-state index in [2.05, 4.69) is 10.3 Å². The lowest BCUT2D eigenvalue weighted by atomic mass is 9.78. The first kappa shape index (κ1) is 25.4. The van der Waals surface area contributed by atoms with Gasteiger partial charge in [0, 0.05) is 34.8 Å². The summed E-state index contributed by atoms with van der Waals surface area (Å²) in [6.07, 6.45) is -0.487. The van der Waals surface area contributed by atoms with Gasteiger partial charge in [-0.2, -0.15) is 0 Å². The van der Waals surface area contributed by atoms with Gasteiger partial charge in [-0.05, 0) is 52.2 Å². The molecule has 4 rings (SSSR count). The van der Waals surface area contributed by atoms with Crippen LogP contribution in [-0.4, -0.2) is 52.4 Å². The first-order valence-electron chi connectivity index (χ1n) is 11.5. The fourth-order valence-electron chi connectivity index (χ4n) is 4.56. The summed E-state index contributed by atoms with van der Waals surface area (Å²) >= 11 is 0.741. The van der Waals surface area contributed by atoms with Crippen LogP contribution in [0, 0.1) is 0 Å². The van der Waals surface area contributed by atoms with Crippen molar-refractivity contribution in [3.63, 3.8) is 0 Å². The third-order valence-corrected chi connectivity index (χ3v) is 7.57. The molecular formula is C24H27F4N3O3S. The fourth-order valence-corrected chi connectivity index (χ4v) is 5.55. The third-order valence-electron chi connectivity index (χ3n) is 6.50. The Morgan fingerprint density at radius 2 is 2.03 bits per heavy atom. The molecule has 0 radical (unpaired) electrons. The highest BCUT2D eigenvalue weighted by molar-refractivity contribution is 7.17. The van der Waals surface area contributed by atoms with E-state index in [0.717, 1.165) is 35.5 Å². The van der Waals surface area contributed by atoms with E-state index in [4.69, 9.17) is 4.74 Å². The highest BCUT2D eigenvalue weighted by atomic mass is 32.1. The summed E-state index contributed by atoms with van der Waals surface area (Å²) < 4.78 is 61.3. The molecule has 1 saturated carbocycles. The van der Waals surface area contributed by atoms with Crippen LogP contribution in [0.15, 0.2) is 18.2 Å². The lowest BCUT2D eigenvalue weighted by molar-refractivity contribution is 0.0117. The van der Waals surface area contributed by atoms with Crippen molar-refractivity contribution in [2.75, 3.05) is 18.5 Å². The number of carbonyl (C=O) groups is 2. The molecular weight excluding hydrogens is 486 g/mol. The predicted molar refractivity (Wildman–Crippen MR) is 124 cm³/mol. The lowest BCUT2D eigenvalue weighted by Gasteiger charge is -2.40. The molecule has 1 aromatic heterocycles. The molecule has 2 heterocycles. The lowest BCUT2D eigenvalue weighted by Crippen LogP contribution is -2.41. The van der Waals surface area contributed by atoms with E-state index in [1.54, 1.807) is 13.0 Å². The maximum atomic E-state index is 14.2. The monoisotopic (exact) mass is 513 g/mol. The maximum Gasteiger partial charge on any atom is 0.367 e. The third kappa shape index (κ3) is 5.14. The first-order chi connectivity index (χ1) is 16.4. The van der Waals surface area contributed by atoms with Gasteiger partial charge in [-0.3, -0.25) is 4.79 Å². The molecule has 1 aliphatic heterocycles. The molecule has 11 heteroatoms. The second kappa shape index (κ2) is 9.40. The number of nitrogens with one attached hydrogen (secondary N) is 1. The quantitative estimate of drug-likeness (QED) is 0.355. The molecule has 190 valence electrons. The van der Waals surface area contributed by atoms with Gasteiger partial charge in [0.15, 0.2) is 0 Å². The average molecular weight is 514 g/mol. The van der Waals surface area contributed by atoms with E-state index in [9.17, 15) is 27.2 Å². The van der Waals surface area contributed by atoms with Crippen molar-refractivity contribution in [2.24, 2.45) is 0 Å². The predicted octanol–water partition coefficient (Wildman–Crippen LogP) is 6.15. The van der Waals surface area contributed by atoms with Crippen molar-refractivity contribution in [1.82, 2.24) is 9.88 Å². The van der Waals surface area contributed by atoms with E-state index in [1.165, 1.54) is 19.1 Å². The number of aromatic nitrogens is 1. The molecule has 1 aliphatic carbocycles. The Kier molecular flexibility index (Phi) is 6.82. The van der Waals surface area contributed by atoms with E-state index < -0.39 is 43.2 Å². The van der Waals surface area contributed by atoms with Gasteiger partial charge in [0.1, 0.15) is 5.69 Å². The van der Waals surface area contributed by atoms with Gasteiger partial charge in [-0.1, -0.05) is 6.07 Å². The molecule has 1 atom stereocenters. The largest absolute Gasteiger partial charge is 0.461 e. The summed E-state index contributed by atoms with van der Waals surface area (Å²) in [6, 6.07) is 3.64. The number of halogens is 4. The Morgan fingerprint density at radius 3 is 2.57 bits per heavy atom. The number of nitrogens with zero attached hydrogens (tertiary/aromatic N) is 2. The number of alkyl halides is 4. The SMILES string of the molecule is CCOC(=O)c1nc(C(=O)N2CC(F)(F)C[C@@H]2C)c(-c2ccc(NC3(C)CCC3)cc2C(F)F)s1. The summed E-state index contributed by atoms with van der Waals surface area (Å²) in [4.78, 5) is 30.7. The number of hydrogen-bond acceptors (Lipinski definition) is 6. The van der Waals surface area contributed by atoms with Crippen LogP contribution >= 0.6 is 11.3 Å². The van der Waals surface area contributed by atoms with Gasteiger partial charge in [-0.25, -0.2) is 27.3 Å². The van der Waals surface area contributed by atoms with E-state index >= 15 is 0 Å². The topological polar surface area (TPSA) is 71.5 Å². The normalized spacial score (nSPS) is 20.6. The van der Waals surface area contributed by atoms with E-state index in [-0.39, 0.29) is 38.9 Å². The van der Waals surface area contributed by atoms with Crippen LogP contribution in [0.1, 0.15) is 78.7 Å². The number of esters is 1. The summed E-state index contributed by atoms with van der Waals surface area (Å²) in [7, 11) is 0. The van der Waals surface area contributed by atoms with Crippen molar-refractivity contribution in [1.29, 1.82) is 0 Å². The number of benzene rings is 1. The van der Waals surface area contributed by atoms with Crippen molar-refractivity contribution in [2.45, 2.75) is 70.4 Å². The maximum absolute atomic E-state index is 14.2. The van der Waals surface area contributed by atoms with Crippen LogP contribution in [0.2, 0.25) is 0 Å². The molecule has 1 N–H and O–H groups in total. The molecule has 0 spiro atoms. The molecule has 1 saturated heterocycles. The van der Waals surface area contributed by atoms with Crippen LogP contribution in [0.3, 0.4) is 0 Å². The van der Waals surface area contributed by atoms with Crippen LogP contribution in [0.4, 0.5) is 23.2 Å². The number of rotatable bonds is 7.